The van der Waals surface area contributed by atoms with Crippen molar-refractivity contribution in [1.29, 1.82) is 0 Å². The van der Waals surface area contributed by atoms with Gasteiger partial charge in [-0.1, -0.05) is 0 Å². The van der Waals surface area contributed by atoms with E-state index in [0.717, 1.165) is 5.92 Å². The maximum atomic E-state index is 11.5. The number of phosphoric ester groups is 1. The average Bonchev–Trinajstić information content (AvgIpc) is 2.13. The third-order valence-corrected chi connectivity index (χ3v) is 8.09. The highest BCUT2D eigenvalue weighted by Crippen LogP contribution is 3.04. The third kappa shape index (κ3) is 0.753. The van der Waals surface area contributed by atoms with E-state index in [1.165, 1.54) is 0 Å². The van der Waals surface area contributed by atoms with Crippen LogP contribution in [0.1, 0.15) is 0 Å². The van der Waals surface area contributed by atoms with E-state index >= 15 is 0 Å². The van der Waals surface area contributed by atoms with E-state index in [9.17, 15) is 14.0 Å². The molecule has 7 nitrogen and oxygen atoms in total. The molecular formula is C8H10O7P2. The summed E-state index contributed by atoms with van der Waals surface area (Å²) in [6.07, 6.45) is 0. The van der Waals surface area contributed by atoms with Gasteiger partial charge in [-0.3, -0.25) is 4.52 Å². The lowest BCUT2D eigenvalue weighted by Crippen LogP contribution is -3.08. The van der Waals surface area contributed by atoms with Gasteiger partial charge in [0.2, 0.25) is 0 Å². The van der Waals surface area contributed by atoms with Crippen LogP contribution in [0.25, 0.3) is 0 Å². The first kappa shape index (κ1) is 10.1. The molecule has 17 heavy (non-hydrogen) atoms. The van der Waals surface area contributed by atoms with E-state index in [1.54, 1.807) is 0 Å². The van der Waals surface area contributed by atoms with E-state index in [-0.39, 0.29) is 0 Å². The summed E-state index contributed by atoms with van der Waals surface area (Å²) < 4.78 is 31.1. The van der Waals surface area contributed by atoms with Crippen molar-refractivity contribution in [3.05, 3.63) is 0 Å². The van der Waals surface area contributed by atoms with Crippen molar-refractivity contribution in [3.8, 4) is 0 Å². The maximum absolute atomic E-state index is 11.5. The van der Waals surface area contributed by atoms with Gasteiger partial charge in [-0.05, 0) is 41.4 Å². The second-order valence-electron chi connectivity index (χ2n) is 5.87. The Morgan fingerprint density at radius 1 is 0.882 bits per heavy atom. The van der Waals surface area contributed by atoms with Gasteiger partial charge in [-0.25, -0.2) is 9.13 Å². The van der Waals surface area contributed by atoms with Crippen molar-refractivity contribution in [2.75, 3.05) is 0 Å². The molecule has 0 heterocycles. The number of hydrogen-bond donors (Lipinski definition) is 3. The summed E-state index contributed by atoms with van der Waals surface area (Å²) >= 11 is 0. The Morgan fingerprint density at radius 2 is 1.35 bits per heavy atom. The van der Waals surface area contributed by atoms with Gasteiger partial charge in [0, 0.05) is 0 Å². The quantitative estimate of drug-likeness (QED) is 0.636. The topological polar surface area (TPSA) is 113 Å². The lowest BCUT2D eigenvalue weighted by Gasteiger charge is -3.06. The van der Waals surface area contributed by atoms with E-state index in [2.05, 4.69) is 4.31 Å². The van der Waals surface area contributed by atoms with Crippen LogP contribution in [0.2, 0.25) is 0 Å². The molecule has 6 rings (SSSR count). The monoisotopic (exact) mass is 280 g/mol. The number of rotatable bonds is 4. The third-order valence-electron chi connectivity index (χ3n) is 5.87. The Kier molecular flexibility index (Phi) is 1.32. The molecule has 94 valence electrons. The molecule has 9 heteroatoms. The molecular weight excluding hydrogens is 270 g/mol. The van der Waals surface area contributed by atoms with Crippen molar-refractivity contribution in [2.45, 2.75) is 5.60 Å². The molecule has 0 aromatic heterocycles. The molecule has 1 unspecified atom stereocenters. The normalized spacial score (nSPS) is 66.4. The Bertz CT molecular complexity index is 501. The Morgan fingerprint density at radius 3 is 1.76 bits per heavy atom. The zero-order chi connectivity index (χ0) is 12.0. The molecule has 0 aromatic carbocycles. The summed E-state index contributed by atoms with van der Waals surface area (Å²) in [6.45, 7) is 0. The summed E-state index contributed by atoms with van der Waals surface area (Å²) in [7, 11) is -9.65. The first-order valence-corrected chi connectivity index (χ1v) is 8.61. The molecule has 6 saturated carbocycles. The van der Waals surface area contributed by atoms with E-state index in [0.29, 0.717) is 35.5 Å². The predicted molar refractivity (Wildman–Crippen MR) is 51.2 cm³/mol. The van der Waals surface area contributed by atoms with Crippen LogP contribution in [0.4, 0.5) is 0 Å². The van der Waals surface area contributed by atoms with E-state index in [1.807, 2.05) is 0 Å². The minimum absolute atomic E-state index is 0.355. The smallest absolute Gasteiger partial charge is 0.302 e. The van der Waals surface area contributed by atoms with E-state index in [4.69, 9.17) is 14.3 Å². The first-order valence-electron chi connectivity index (χ1n) is 5.58. The molecule has 6 aliphatic carbocycles. The zero-order valence-electron chi connectivity index (χ0n) is 8.41. The van der Waals surface area contributed by atoms with Crippen LogP contribution in [-0.2, 0) is 18.0 Å². The minimum atomic E-state index is -5.00. The van der Waals surface area contributed by atoms with E-state index < -0.39 is 21.2 Å². The molecule has 0 radical (unpaired) electrons. The second-order valence-corrected chi connectivity index (χ2v) is 8.63. The summed E-state index contributed by atoms with van der Waals surface area (Å²) in [6, 6.07) is 0. The van der Waals surface area contributed by atoms with Crippen LogP contribution in [0, 0.1) is 41.4 Å². The summed E-state index contributed by atoms with van der Waals surface area (Å²) in [5, 5.41) is 0. The van der Waals surface area contributed by atoms with Crippen molar-refractivity contribution in [3.63, 3.8) is 0 Å². The van der Waals surface area contributed by atoms with Gasteiger partial charge >= 0.3 is 15.6 Å². The fourth-order valence-electron chi connectivity index (χ4n) is 5.86. The molecule has 3 N–H and O–H groups in total. The van der Waals surface area contributed by atoms with Gasteiger partial charge in [-0.15, -0.1) is 0 Å². The summed E-state index contributed by atoms with van der Waals surface area (Å²) in [5.74, 6) is 3.87. The molecule has 0 spiro atoms. The predicted octanol–water partition coefficient (Wildman–Crippen LogP) is 0.333. The lowest BCUT2D eigenvalue weighted by molar-refractivity contribution is -0.615. The van der Waals surface area contributed by atoms with Crippen LogP contribution in [0.3, 0.4) is 0 Å². The van der Waals surface area contributed by atoms with Crippen LogP contribution < -0.4 is 0 Å². The van der Waals surface area contributed by atoms with Crippen molar-refractivity contribution in [1.82, 2.24) is 0 Å². The average molecular weight is 280 g/mol. The SMILES string of the molecule is O=P(O)(O)OP(=O)(O)OC12C3C4C5C3C1C5C42. The fraction of sp³-hybridized carbons (Fsp3) is 1.00. The molecule has 0 saturated heterocycles. The van der Waals surface area contributed by atoms with Gasteiger partial charge < -0.3 is 14.7 Å². The summed E-state index contributed by atoms with van der Waals surface area (Å²) in [5.41, 5.74) is -0.561. The maximum Gasteiger partial charge on any atom is 0.481 e. The van der Waals surface area contributed by atoms with Crippen molar-refractivity contribution >= 4 is 15.6 Å². The lowest BCUT2D eigenvalue weighted by atomic mass is 8.99. The highest BCUT2D eigenvalue weighted by atomic mass is 31.3. The Balaban J connectivity index is 1.39. The van der Waals surface area contributed by atoms with Gasteiger partial charge in [0.1, 0.15) is 0 Å². The van der Waals surface area contributed by atoms with Gasteiger partial charge in [-0.2, -0.15) is 4.31 Å². The molecule has 0 aliphatic heterocycles. The van der Waals surface area contributed by atoms with Gasteiger partial charge in [0.15, 0.2) is 0 Å². The van der Waals surface area contributed by atoms with Gasteiger partial charge in [0.05, 0.1) is 5.60 Å². The standard InChI is InChI=1S/C8H10O7P2/c9-16(10,11)15-17(12,13)14-8-5-2-1-3(5)7(8)4(1)6(2)8/h1-7H,(H,12,13)(H2,9,10,11). The zero-order valence-corrected chi connectivity index (χ0v) is 10.2. The van der Waals surface area contributed by atoms with Crippen LogP contribution in [-0.4, -0.2) is 20.3 Å². The molecule has 6 fully saturated rings. The van der Waals surface area contributed by atoms with Crippen LogP contribution in [0.5, 0.6) is 0 Å². The highest BCUT2D eigenvalue weighted by Gasteiger charge is 3.06. The van der Waals surface area contributed by atoms with Crippen molar-refractivity contribution < 1.29 is 32.6 Å². The van der Waals surface area contributed by atoms with Crippen LogP contribution >= 0.6 is 15.6 Å². The number of hydrogen-bond acceptors (Lipinski definition) is 4. The molecule has 0 aromatic rings. The molecule has 1 atom stereocenters. The molecule has 0 bridgehead atoms. The highest BCUT2D eigenvalue weighted by molar-refractivity contribution is 7.60. The van der Waals surface area contributed by atoms with Gasteiger partial charge in [0.25, 0.3) is 0 Å². The molecule has 6 aliphatic rings. The Labute approximate surface area is 96.0 Å². The Hall–Kier alpha value is 0.260. The fourth-order valence-corrected chi connectivity index (χ4v) is 7.83. The van der Waals surface area contributed by atoms with Crippen molar-refractivity contribution in [2.24, 2.45) is 41.4 Å². The first-order chi connectivity index (χ1) is 7.78. The molecule has 0 amide bonds. The largest absolute Gasteiger partial charge is 0.481 e. The second kappa shape index (κ2) is 2.22. The minimum Gasteiger partial charge on any atom is -0.302 e. The summed E-state index contributed by atoms with van der Waals surface area (Å²) in [4.78, 5) is 26.5. The number of phosphoric acid groups is 2. The van der Waals surface area contributed by atoms with Crippen LogP contribution in [0.15, 0.2) is 0 Å².